The molecular weight excluding hydrogens is 985 g/mol. The van der Waals surface area contributed by atoms with Crippen molar-refractivity contribution in [3.63, 3.8) is 0 Å². The SMILES string of the molecule is CC/C=C\C/C=C\C/C=C\C/C=C\C/C=C\CCCCCCCCCCCCCCCCCCCCCC(=O)OCC(COC(=O)CCCCCCC/C=C\CCCCCC)OC(=O)CCCCCCC/C=C\CCCCCCC. The summed E-state index contributed by atoms with van der Waals surface area (Å²) in [6.45, 7) is 6.52. The summed E-state index contributed by atoms with van der Waals surface area (Å²) in [7, 11) is 0. The summed E-state index contributed by atoms with van der Waals surface area (Å²) in [5.74, 6) is -0.879. The third-order valence-electron chi connectivity index (χ3n) is 15.1. The van der Waals surface area contributed by atoms with Gasteiger partial charge in [-0.2, -0.15) is 0 Å². The van der Waals surface area contributed by atoms with Crippen molar-refractivity contribution in [1.82, 2.24) is 0 Å². The number of allylic oxidation sites excluding steroid dienone is 14. The molecule has 6 heteroatoms. The number of carbonyl (C=O) groups is 3. The molecule has 0 amide bonds. The monoisotopic (exact) mass is 1110 g/mol. The topological polar surface area (TPSA) is 78.9 Å². The summed E-state index contributed by atoms with van der Waals surface area (Å²) >= 11 is 0. The molecule has 0 aliphatic carbocycles. The van der Waals surface area contributed by atoms with Crippen molar-refractivity contribution < 1.29 is 28.6 Å². The quantitative estimate of drug-likeness (QED) is 0.0261. The highest BCUT2D eigenvalue weighted by molar-refractivity contribution is 5.71. The Morgan fingerprint density at radius 3 is 0.787 bits per heavy atom. The van der Waals surface area contributed by atoms with Crippen molar-refractivity contribution in [3.8, 4) is 0 Å². The second kappa shape index (κ2) is 68.1. The molecule has 462 valence electrons. The van der Waals surface area contributed by atoms with E-state index in [1.54, 1.807) is 0 Å². The molecule has 1 unspecified atom stereocenters. The smallest absolute Gasteiger partial charge is 0.306 e. The Labute approximate surface area is 496 Å². The van der Waals surface area contributed by atoms with Crippen molar-refractivity contribution in [2.24, 2.45) is 0 Å². The minimum atomic E-state index is -0.781. The Kier molecular flexibility index (Phi) is 65.2. The summed E-state index contributed by atoms with van der Waals surface area (Å²) < 4.78 is 16.9. The van der Waals surface area contributed by atoms with E-state index < -0.39 is 6.10 Å². The minimum Gasteiger partial charge on any atom is -0.462 e. The molecule has 0 saturated heterocycles. The lowest BCUT2D eigenvalue weighted by atomic mass is 10.0. The van der Waals surface area contributed by atoms with Crippen LogP contribution >= 0.6 is 0 Å². The van der Waals surface area contributed by atoms with E-state index in [1.165, 1.54) is 199 Å². The molecule has 0 saturated carbocycles. The number of carbonyl (C=O) groups excluding carboxylic acids is 3. The highest BCUT2D eigenvalue weighted by Crippen LogP contribution is 2.17. The van der Waals surface area contributed by atoms with Gasteiger partial charge in [-0.15, -0.1) is 0 Å². The molecule has 0 spiro atoms. The Morgan fingerprint density at radius 1 is 0.263 bits per heavy atom. The Morgan fingerprint density at radius 2 is 0.487 bits per heavy atom. The lowest BCUT2D eigenvalue weighted by Gasteiger charge is -2.18. The predicted molar refractivity (Wildman–Crippen MR) is 348 cm³/mol. The maximum atomic E-state index is 12.9. The molecule has 0 rings (SSSR count). The van der Waals surface area contributed by atoms with Gasteiger partial charge in [0, 0.05) is 19.3 Å². The standard InChI is InChI=1S/C74H130O6/c1-4-7-10-13-16-19-22-25-27-28-29-30-31-32-33-34-35-36-37-38-39-40-41-42-43-44-45-46-47-50-52-55-58-61-64-67-73(76)79-70-71(69-78-72(75)66-63-60-57-54-51-48-24-21-18-15-12-9-6-3)80-74(77)68-65-62-59-56-53-49-26-23-20-17-14-11-8-5-2/h7,10,16,19,21,23-27,29-30,32-33,71H,4-6,8-9,11-15,17-18,20,22,28,31,34-70H2,1-3H3/b10-7-,19-16-,24-21-,26-23-,27-25-,30-29-,33-32-. The minimum absolute atomic E-state index is 0.0778. The molecule has 1 atom stereocenters. The highest BCUT2D eigenvalue weighted by Gasteiger charge is 2.19. The molecule has 0 fully saturated rings. The first-order valence-electron chi connectivity index (χ1n) is 34.6. The molecule has 0 radical (unpaired) electrons. The van der Waals surface area contributed by atoms with Crippen LogP contribution in [0.3, 0.4) is 0 Å². The maximum Gasteiger partial charge on any atom is 0.306 e. The van der Waals surface area contributed by atoms with Crippen LogP contribution in [0.5, 0.6) is 0 Å². The first kappa shape index (κ1) is 76.6. The van der Waals surface area contributed by atoms with Gasteiger partial charge in [-0.3, -0.25) is 14.4 Å². The van der Waals surface area contributed by atoms with Gasteiger partial charge in [0.2, 0.25) is 0 Å². The zero-order valence-corrected chi connectivity index (χ0v) is 53.1. The number of hydrogen-bond acceptors (Lipinski definition) is 6. The van der Waals surface area contributed by atoms with Crippen LogP contribution in [0.4, 0.5) is 0 Å². The largest absolute Gasteiger partial charge is 0.462 e. The first-order chi connectivity index (χ1) is 39.5. The van der Waals surface area contributed by atoms with E-state index in [2.05, 4.69) is 106 Å². The summed E-state index contributed by atoms with van der Waals surface area (Å²) in [5.41, 5.74) is 0. The second-order valence-electron chi connectivity index (χ2n) is 23.1. The number of ether oxygens (including phenoxy) is 3. The van der Waals surface area contributed by atoms with Gasteiger partial charge in [0.25, 0.3) is 0 Å². The van der Waals surface area contributed by atoms with Gasteiger partial charge < -0.3 is 14.2 Å². The first-order valence-corrected chi connectivity index (χ1v) is 34.6. The second-order valence-corrected chi connectivity index (χ2v) is 23.1. The van der Waals surface area contributed by atoms with Crippen LogP contribution in [0.1, 0.15) is 348 Å². The average molecular weight is 1120 g/mol. The third-order valence-corrected chi connectivity index (χ3v) is 15.1. The maximum absolute atomic E-state index is 12.9. The molecule has 0 bridgehead atoms. The summed E-state index contributed by atoms with van der Waals surface area (Å²) in [5, 5.41) is 0. The summed E-state index contributed by atoms with van der Waals surface area (Å²) in [4.78, 5) is 38.3. The van der Waals surface area contributed by atoms with Crippen LogP contribution in [0, 0.1) is 0 Å². The van der Waals surface area contributed by atoms with Crippen molar-refractivity contribution in [2.45, 2.75) is 354 Å². The molecule has 0 aromatic heterocycles. The third kappa shape index (κ3) is 65.4. The predicted octanol–water partition coefficient (Wildman–Crippen LogP) is 23.8. The van der Waals surface area contributed by atoms with Gasteiger partial charge in [-0.05, 0) is 116 Å². The van der Waals surface area contributed by atoms with Crippen LogP contribution in [-0.4, -0.2) is 37.2 Å². The molecular formula is C74H130O6. The van der Waals surface area contributed by atoms with E-state index in [4.69, 9.17) is 14.2 Å². The van der Waals surface area contributed by atoms with Crippen LogP contribution in [-0.2, 0) is 28.6 Å². The number of rotatable bonds is 63. The Bertz CT molecular complexity index is 1520. The zero-order chi connectivity index (χ0) is 57.8. The molecule has 0 aliphatic rings. The van der Waals surface area contributed by atoms with Gasteiger partial charge in [-0.1, -0.05) is 298 Å². The fraction of sp³-hybridized carbons (Fsp3) is 0.770. The van der Waals surface area contributed by atoms with Gasteiger partial charge in [0.1, 0.15) is 13.2 Å². The van der Waals surface area contributed by atoms with Crippen molar-refractivity contribution in [3.05, 3.63) is 85.1 Å². The zero-order valence-electron chi connectivity index (χ0n) is 53.1. The lowest BCUT2D eigenvalue weighted by molar-refractivity contribution is -0.167. The van der Waals surface area contributed by atoms with Crippen LogP contribution in [0.25, 0.3) is 0 Å². The van der Waals surface area contributed by atoms with Crippen molar-refractivity contribution in [2.75, 3.05) is 13.2 Å². The van der Waals surface area contributed by atoms with E-state index >= 15 is 0 Å². The molecule has 0 heterocycles. The highest BCUT2D eigenvalue weighted by atomic mass is 16.6. The van der Waals surface area contributed by atoms with Gasteiger partial charge >= 0.3 is 17.9 Å². The lowest BCUT2D eigenvalue weighted by Crippen LogP contribution is -2.30. The molecule has 0 aliphatic heterocycles. The molecule has 80 heavy (non-hydrogen) atoms. The van der Waals surface area contributed by atoms with Crippen LogP contribution in [0.15, 0.2) is 85.1 Å². The van der Waals surface area contributed by atoms with E-state index in [0.717, 1.165) is 109 Å². The summed E-state index contributed by atoms with van der Waals surface area (Å²) in [6, 6.07) is 0. The Hall–Kier alpha value is -3.41. The van der Waals surface area contributed by atoms with Crippen LogP contribution in [0.2, 0.25) is 0 Å². The molecule has 0 aromatic rings. The van der Waals surface area contributed by atoms with Crippen LogP contribution < -0.4 is 0 Å². The fourth-order valence-electron chi connectivity index (χ4n) is 9.93. The molecule has 0 N–H and O–H groups in total. The van der Waals surface area contributed by atoms with E-state index in [0.29, 0.717) is 19.3 Å². The Balaban J connectivity index is 4.09. The normalized spacial score (nSPS) is 12.6. The molecule has 0 aromatic carbocycles. The van der Waals surface area contributed by atoms with Gasteiger partial charge in [-0.25, -0.2) is 0 Å². The number of hydrogen-bond donors (Lipinski definition) is 0. The average Bonchev–Trinajstić information content (AvgIpc) is 3.46. The van der Waals surface area contributed by atoms with Gasteiger partial charge in [0.05, 0.1) is 0 Å². The summed E-state index contributed by atoms with van der Waals surface area (Å²) in [6.07, 6.45) is 90.5. The van der Waals surface area contributed by atoms with E-state index in [1.807, 2.05) is 0 Å². The fourth-order valence-corrected chi connectivity index (χ4v) is 9.93. The van der Waals surface area contributed by atoms with Gasteiger partial charge in [0.15, 0.2) is 6.10 Å². The van der Waals surface area contributed by atoms with Crippen molar-refractivity contribution in [1.29, 1.82) is 0 Å². The number of esters is 3. The van der Waals surface area contributed by atoms with Crippen molar-refractivity contribution >= 4 is 17.9 Å². The van der Waals surface area contributed by atoms with E-state index in [9.17, 15) is 14.4 Å². The molecule has 6 nitrogen and oxygen atoms in total. The number of unbranched alkanes of at least 4 members (excludes halogenated alkanes) is 38. The van der Waals surface area contributed by atoms with E-state index in [-0.39, 0.29) is 31.1 Å².